The van der Waals surface area contributed by atoms with Gasteiger partial charge in [0.25, 0.3) is 11.5 Å². The first-order valence-corrected chi connectivity index (χ1v) is 9.43. The van der Waals surface area contributed by atoms with Crippen molar-refractivity contribution in [2.24, 2.45) is 7.05 Å². The lowest BCUT2D eigenvalue weighted by Gasteiger charge is -2.11. The molecule has 0 fully saturated rings. The fraction of sp³-hybridized carbons (Fsp3) is 0.273. The number of fused-ring (bicyclic) bond motifs is 1. The van der Waals surface area contributed by atoms with Crippen LogP contribution < -0.4 is 10.9 Å². The zero-order chi connectivity index (χ0) is 21.0. The molecule has 3 rings (SSSR count). The summed E-state index contributed by atoms with van der Waals surface area (Å²) in [6, 6.07) is 14.2. The Morgan fingerprint density at radius 2 is 1.76 bits per heavy atom. The molecular formula is C22H23N3O4. The third-order valence-corrected chi connectivity index (χ3v) is 4.86. The predicted molar refractivity (Wildman–Crippen MR) is 111 cm³/mol. The van der Waals surface area contributed by atoms with Crippen LogP contribution in [-0.2, 0) is 16.6 Å². The number of ether oxygens (including phenoxy) is 1. The van der Waals surface area contributed by atoms with Gasteiger partial charge in [0.2, 0.25) is 0 Å². The van der Waals surface area contributed by atoms with Crippen molar-refractivity contribution in [3.05, 3.63) is 70.1 Å². The quantitative estimate of drug-likeness (QED) is 0.649. The topological polar surface area (TPSA) is 90.3 Å². The number of amides is 1. The number of carbonyl (C=O) groups excluding carboxylic acids is 2. The number of nitrogens with one attached hydrogen (secondary N) is 1. The molecule has 1 amide bonds. The molecule has 150 valence electrons. The highest BCUT2D eigenvalue weighted by Crippen LogP contribution is 2.20. The van der Waals surface area contributed by atoms with Crippen molar-refractivity contribution < 1.29 is 14.3 Å². The molecule has 1 unspecified atom stereocenters. The van der Waals surface area contributed by atoms with Crippen LogP contribution in [0.3, 0.4) is 0 Å². The van der Waals surface area contributed by atoms with Crippen molar-refractivity contribution in [3.63, 3.8) is 0 Å². The van der Waals surface area contributed by atoms with Gasteiger partial charge in [0, 0.05) is 18.1 Å². The fourth-order valence-corrected chi connectivity index (χ4v) is 2.98. The van der Waals surface area contributed by atoms with E-state index in [2.05, 4.69) is 24.3 Å². The number of aryl methyl sites for hydroxylation is 1. The van der Waals surface area contributed by atoms with Gasteiger partial charge in [0.05, 0.1) is 5.39 Å². The van der Waals surface area contributed by atoms with E-state index in [0.717, 1.165) is 11.1 Å². The largest absolute Gasteiger partial charge is 0.451 e. The number of esters is 1. The highest BCUT2D eigenvalue weighted by atomic mass is 16.5. The second-order valence-electron chi connectivity index (χ2n) is 6.88. The Labute approximate surface area is 168 Å². The average Bonchev–Trinajstić information content (AvgIpc) is 2.74. The molecule has 0 radical (unpaired) electrons. The van der Waals surface area contributed by atoms with Gasteiger partial charge in [0.1, 0.15) is 0 Å². The average molecular weight is 393 g/mol. The summed E-state index contributed by atoms with van der Waals surface area (Å²) in [5.41, 5.74) is 1.51. The Kier molecular flexibility index (Phi) is 6.07. The lowest BCUT2D eigenvalue weighted by Crippen LogP contribution is -2.26. The summed E-state index contributed by atoms with van der Waals surface area (Å²) in [6.45, 7) is 3.81. The molecule has 1 aromatic heterocycles. The Hall–Kier alpha value is -3.48. The second kappa shape index (κ2) is 8.68. The maximum Gasteiger partial charge on any atom is 0.359 e. The number of anilines is 1. The maximum atomic E-state index is 12.5. The van der Waals surface area contributed by atoms with E-state index in [0.29, 0.717) is 22.4 Å². The van der Waals surface area contributed by atoms with Crippen LogP contribution in [0.2, 0.25) is 0 Å². The smallest absolute Gasteiger partial charge is 0.359 e. The molecular weight excluding hydrogens is 370 g/mol. The van der Waals surface area contributed by atoms with Gasteiger partial charge in [-0.3, -0.25) is 9.59 Å². The summed E-state index contributed by atoms with van der Waals surface area (Å²) < 4.78 is 6.20. The Balaban J connectivity index is 1.67. The normalized spacial score (nSPS) is 11.8. The summed E-state index contributed by atoms with van der Waals surface area (Å²) in [7, 11) is 1.46. The van der Waals surface area contributed by atoms with Crippen LogP contribution in [0.25, 0.3) is 10.8 Å². The summed E-state index contributed by atoms with van der Waals surface area (Å²) in [6.07, 6.45) is 1.04. The third-order valence-electron chi connectivity index (χ3n) is 4.86. The minimum Gasteiger partial charge on any atom is -0.451 e. The molecule has 0 spiro atoms. The Bertz CT molecular complexity index is 1100. The zero-order valence-corrected chi connectivity index (χ0v) is 16.6. The van der Waals surface area contributed by atoms with Gasteiger partial charge in [-0.25, -0.2) is 9.48 Å². The minimum atomic E-state index is -0.765. The van der Waals surface area contributed by atoms with Crippen LogP contribution in [0.4, 0.5) is 5.69 Å². The van der Waals surface area contributed by atoms with Crippen LogP contribution in [0.1, 0.15) is 42.2 Å². The number of aromatic nitrogens is 2. The Morgan fingerprint density at radius 3 is 2.41 bits per heavy atom. The first-order chi connectivity index (χ1) is 13.9. The predicted octanol–water partition coefficient (Wildman–Crippen LogP) is 3.24. The molecule has 29 heavy (non-hydrogen) atoms. The zero-order valence-electron chi connectivity index (χ0n) is 16.6. The van der Waals surface area contributed by atoms with Crippen molar-refractivity contribution in [1.82, 2.24) is 9.78 Å². The molecule has 0 aliphatic heterocycles. The van der Waals surface area contributed by atoms with Crippen LogP contribution in [0, 0.1) is 0 Å². The second-order valence-corrected chi connectivity index (χ2v) is 6.88. The SMILES string of the molecule is CCC(C)c1ccc(NC(=O)COC(=O)c2nn(C)c(=O)c3ccccc23)cc1. The van der Waals surface area contributed by atoms with E-state index in [-0.39, 0.29) is 11.3 Å². The van der Waals surface area contributed by atoms with E-state index in [1.54, 1.807) is 24.3 Å². The molecule has 1 heterocycles. The van der Waals surface area contributed by atoms with Crippen molar-refractivity contribution >= 4 is 28.3 Å². The summed E-state index contributed by atoms with van der Waals surface area (Å²) >= 11 is 0. The molecule has 0 aliphatic carbocycles. The lowest BCUT2D eigenvalue weighted by atomic mass is 9.99. The molecule has 3 aromatic rings. The number of nitrogens with zero attached hydrogens (tertiary/aromatic N) is 2. The van der Waals surface area contributed by atoms with E-state index in [9.17, 15) is 14.4 Å². The third kappa shape index (κ3) is 4.51. The van der Waals surface area contributed by atoms with Gasteiger partial charge in [-0.2, -0.15) is 5.10 Å². The van der Waals surface area contributed by atoms with Gasteiger partial charge in [0.15, 0.2) is 12.3 Å². The monoisotopic (exact) mass is 393 g/mol. The standard InChI is InChI=1S/C22H23N3O4/c1-4-14(2)15-9-11-16(12-10-15)23-19(26)13-29-22(28)20-17-7-5-6-8-18(17)21(27)25(3)24-20/h5-12,14H,4,13H2,1-3H3,(H,23,26). The van der Waals surface area contributed by atoms with Crippen LogP contribution in [-0.4, -0.2) is 28.3 Å². The van der Waals surface area contributed by atoms with Gasteiger partial charge < -0.3 is 10.1 Å². The van der Waals surface area contributed by atoms with E-state index in [1.807, 2.05) is 24.3 Å². The molecule has 0 aliphatic rings. The molecule has 2 aromatic carbocycles. The first-order valence-electron chi connectivity index (χ1n) is 9.43. The highest BCUT2D eigenvalue weighted by molar-refractivity contribution is 6.03. The number of hydrogen-bond acceptors (Lipinski definition) is 5. The minimum absolute atomic E-state index is 0.00611. The highest BCUT2D eigenvalue weighted by Gasteiger charge is 2.18. The van der Waals surface area contributed by atoms with Gasteiger partial charge in [-0.1, -0.05) is 44.2 Å². The van der Waals surface area contributed by atoms with Crippen LogP contribution in [0.15, 0.2) is 53.3 Å². The van der Waals surface area contributed by atoms with Crippen LogP contribution >= 0.6 is 0 Å². The lowest BCUT2D eigenvalue weighted by molar-refractivity contribution is -0.119. The number of hydrogen-bond donors (Lipinski definition) is 1. The van der Waals surface area contributed by atoms with E-state index in [4.69, 9.17) is 4.74 Å². The Morgan fingerprint density at radius 1 is 1.10 bits per heavy atom. The van der Waals surface area contributed by atoms with Gasteiger partial charge >= 0.3 is 5.97 Å². The molecule has 0 bridgehead atoms. The van der Waals surface area contributed by atoms with E-state index < -0.39 is 18.5 Å². The van der Waals surface area contributed by atoms with Crippen molar-refractivity contribution in [2.75, 3.05) is 11.9 Å². The fourth-order valence-electron chi connectivity index (χ4n) is 2.98. The number of benzene rings is 2. The number of carbonyl (C=O) groups is 2. The summed E-state index contributed by atoms with van der Waals surface area (Å²) in [4.78, 5) is 36.7. The van der Waals surface area contributed by atoms with E-state index in [1.165, 1.54) is 12.6 Å². The van der Waals surface area contributed by atoms with Crippen LogP contribution in [0.5, 0.6) is 0 Å². The van der Waals surface area contributed by atoms with E-state index >= 15 is 0 Å². The van der Waals surface area contributed by atoms with Gasteiger partial charge in [-0.05, 0) is 36.1 Å². The first kappa shape index (κ1) is 20.3. The maximum absolute atomic E-state index is 12.5. The molecule has 1 atom stereocenters. The molecule has 0 saturated heterocycles. The molecule has 0 saturated carbocycles. The summed E-state index contributed by atoms with van der Waals surface area (Å²) in [5.74, 6) is -0.771. The van der Waals surface area contributed by atoms with Crippen molar-refractivity contribution in [2.45, 2.75) is 26.2 Å². The van der Waals surface area contributed by atoms with Gasteiger partial charge in [-0.15, -0.1) is 0 Å². The van der Waals surface area contributed by atoms with Crippen molar-refractivity contribution in [3.8, 4) is 0 Å². The summed E-state index contributed by atoms with van der Waals surface area (Å²) in [5, 5.41) is 7.45. The molecule has 7 nitrogen and oxygen atoms in total. The molecule has 7 heteroatoms. The molecule has 1 N–H and O–H groups in total. The van der Waals surface area contributed by atoms with Crippen molar-refractivity contribution in [1.29, 1.82) is 0 Å². The number of rotatable bonds is 6.